The van der Waals surface area contributed by atoms with Crippen LogP contribution in [0.1, 0.15) is 25.5 Å². The number of fused-ring (bicyclic) bond motifs is 1. The van der Waals surface area contributed by atoms with Crippen LogP contribution in [0.2, 0.25) is 0 Å². The van der Waals surface area contributed by atoms with E-state index < -0.39 is 16.1 Å². The zero-order valence-electron chi connectivity index (χ0n) is 16.3. The smallest absolute Gasteiger partial charge is 0.240 e. The Kier molecular flexibility index (Phi) is 6.32. The van der Waals surface area contributed by atoms with Crippen molar-refractivity contribution in [2.75, 3.05) is 11.9 Å². The van der Waals surface area contributed by atoms with Crippen molar-refractivity contribution in [1.29, 1.82) is 0 Å². The van der Waals surface area contributed by atoms with Crippen LogP contribution in [0.4, 0.5) is 5.69 Å². The molecule has 0 saturated carbocycles. The first-order valence-corrected chi connectivity index (χ1v) is 10.8. The molecule has 1 atom stereocenters. The number of amides is 1. The van der Waals surface area contributed by atoms with Crippen LogP contribution in [0.25, 0.3) is 10.8 Å². The molecule has 0 spiro atoms. The summed E-state index contributed by atoms with van der Waals surface area (Å²) in [5, 5.41) is 15.1. The molecule has 0 saturated heterocycles. The van der Waals surface area contributed by atoms with Crippen LogP contribution in [0, 0.1) is 5.92 Å². The second kappa shape index (κ2) is 8.73. The fourth-order valence-corrected chi connectivity index (χ4v) is 3.97. The topological polar surface area (TPSA) is 95.5 Å². The van der Waals surface area contributed by atoms with Crippen molar-refractivity contribution in [2.45, 2.75) is 24.8 Å². The fourth-order valence-electron chi connectivity index (χ4n) is 2.93. The summed E-state index contributed by atoms with van der Waals surface area (Å²) in [6.07, 6.45) is -0.986. The maximum atomic E-state index is 12.6. The molecule has 0 radical (unpaired) electrons. The van der Waals surface area contributed by atoms with Gasteiger partial charge in [0.2, 0.25) is 15.9 Å². The highest BCUT2D eigenvalue weighted by Gasteiger charge is 2.18. The predicted molar refractivity (Wildman–Crippen MR) is 114 cm³/mol. The Balaban J connectivity index is 1.70. The summed E-state index contributed by atoms with van der Waals surface area (Å²) in [4.78, 5) is 11.8. The molecular weight excluding hydrogens is 388 g/mol. The summed E-state index contributed by atoms with van der Waals surface area (Å²) in [6, 6.07) is 19.1. The highest BCUT2D eigenvalue weighted by atomic mass is 32.2. The van der Waals surface area contributed by atoms with Crippen molar-refractivity contribution >= 4 is 32.4 Å². The summed E-state index contributed by atoms with van der Waals surface area (Å²) in [7, 11) is -3.80. The van der Waals surface area contributed by atoms with Crippen LogP contribution in [0.3, 0.4) is 0 Å². The Morgan fingerprint density at radius 3 is 2.31 bits per heavy atom. The number of anilines is 1. The van der Waals surface area contributed by atoms with Crippen LogP contribution in [0.15, 0.2) is 71.6 Å². The SMILES string of the molecule is CC(C)C(=O)Nc1ccc(S(=O)(=O)NCC(O)c2cccc3ccccc23)cc1. The molecule has 1 unspecified atom stereocenters. The molecule has 0 bridgehead atoms. The lowest BCUT2D eigenvalue weighted by Gasteiger charge is -2.15. The molecule has 3 N–H and O–H groups in total. The maximum absolute atomic E-state index is 12.6. The number of rotatable bonds is 7. The van der Waals surface area contributed by atoms with E-state index in [2.05, 4.69) is 10.0 Å². The molecule has 3 aromatic rings. The van der Waals surface area contributed by atoms with E-state index >= 15 is 0 Å². The van der Waals surface area contributed by atoms with Gasteiger partial charge in [0.25, 0.3) is 0 Å². The van der Waals surface area contributed by atoms with Gasteiger partial charge in [0.05, 0.1) is 11.0 Å². The van der Waals surface area contributed by atoms with Crippen LogP contribution in [-0.2, 0) is 14.8 Å². The number of nitrogens with one attached hydrogen (secondary N) is 2. The molecule has 0 aliphatic rings. The third-order valence-electron chi connectivity index (χ3n) is 4.61. The van der Waals surface area contributed by atoms with Gasteiger partial charge in [-0.05, 0) is 40.6 Å². The molecule has 0 aliphatic carbocycles. The van der Waals surface area contributed by atoms with Crippen LogP contribution >= 0.6 is 0 Å². The van der Waals surface area contributed by atoms with Crippen molar-refractivity contribution in [3.8, 4) is 0 Å². The molecule has 0 aliphatic heterocycles. The van der Waals surface area contributed by atoms with Gasteiger partial charge in [-0.1, -0.05) is 56.3 Å². The third kappa shape index (κ3) is 5.00. The number of aliphatic hydroxyl groups excluding tert-OH is 1. The largest absolute Gasteiger partial charge is 0.387 e. The average molecular weight is 413 g/mol. The number of carbonyl (C=O) groups excluding carboxylic acids is 1. The number of benzene rings is 3. The molecule has 29 heavy (non-hydrogen) atoms. The monoisotopic (exact) mass is 412 g/mol. The molecule has 0 fully saturated rings. The van der Waals surface area contributed by atoms with Crippen LogP contribution in [0.5, 0.6) is 0 Å². The van der Waals surface area contributed by atoms with Gasteiger partial charge in [0, 0.05) is 18.2 Å². The number of aliphatic hydroxyl groups is 1. The van der Waals surface area contributed by atoms with E-state index in [9.17, 15) is 18.3 Å². The Labute approximate surface area is 170 Å². The van der Waals surface area contributed by atoms with Gasteiger partial charge in [-0.2, -0.15) is 0 Å². The zero-order valence-corrected chi connectivity index (χ0v) is 17.1. The number of sulfonamides is 1. The van der Waals surface area contributed by atoms with Gasteiger partial charge in [0.15, 0.2) is 0 Å². The summed E-state index contributed by atoms with van der Waals surface area (Å²) >= 11 is 0. The molecule has 6 nitrogen and oxygen atoms in total. The van der Waals surface area contributed by atoms with Crippen molar-refractivity contribution in [1.82, 2.24) is 4.72 Å². The summed E-state index contributed by atoms with van der Waals surface area (Å²) in [5.41, 5.74) is 1.19. The van der Waals surface area contributed by atoms with Crippen LogP contribution < -0.4 is 10.0 Å². The standard InChI is InChI=1S/C22H24N2O4S/c1-15(2)22(26)24-17-10-12-18(13-11-17)29(27,28)23-14-21(25)20-9-5-7-16-6-3-4-8-19(16)20/h3-13,15,21,23,25H,14H2,1-2H3,(H,24,26). The Hall–Kier alpha value is -2.74. The average Bonchev–Trinajstić information content (AvgIpc) is 2.72. The van der Waals surface area contributed by atoms with Gasteiger partial charge in [-0.3, -0.25) is 4.79 Å². The van der Waals surface area contributed by atoms with E-state index in [4.69, 9.17) is 0 Å². The summed E-state index contributed by atoms with van der Waals surface area (Å²) < 4.78 is 27.6. The van der Waals surface area contributed by atoms with E-state index in [1.807, 2.05) is 36.4 Å². The fraction of sp³-hybridized carbons (Fsp3) is 0.227. The van der Waals surface area contributed by atoms with Gasteiger partial charge >= 0.3 is 0 Å². The Morgan fingerprint density at radius 1 is 0.966 bits per heavy atom. The molecule has 0 aromatic heterocycles. The molecule has 152 valence electrons. The van der Waals surface area contributed by atoms with Crippen molar-refractivity contribution in [3.05, 3.63) is 72.3 Å². The predicted octanol–water partition coefficient (Wildman–Crippen LogP) is 3.45. The molecule has 0 heterocycles. The first-order valence-electron chi connectivity index (χ1n) is 9.34. The van der Waals surface area contributed by atoms with Gasteiger partial charge in [0.1, 0.15) is 0 Å². The first kappa shape index (κ1) is 21.0. The maximum Gasteiger partial charge on any atom is 0.240 e. The van der Waals surface area contributed by atoms with Crippen LogP contribution in [-0.4, -0.2) is 26.0 Å². The highest BCUT2D eigenvalue weighted by molar-refractivity contribution is 7.89. The second-order valence-electron chi connectivity index (χ2n) is 7.10. The quantitative estimate of drug-likeness (QED) is 0.554. The molecule has 7 heteroatoms. The molecule has 3 aromatic carbocycles. The van der Waals surface area contributed by atoms with Gasteiger partial charge in [-0.15, -0.1) is 0 Å². The van der Waals surface area contributed by atoms with Gasteiger partial charge in [-0.25, -0.2) is 13.1 Å². The van der Waals surface area contributed by atoms with E-state index in [0.717, 1.165) is 10.8 Å². The lowest BCUT2D eigenvalue weighted by molar-refractivity contribution is -0.118. The number of carbonyl (C=O) groups is 1. The minimum absolute atomic E-state index is 0.0603. The Morgan fingerprint density at radius 2 is 1.62 bits per heavy atom. The van der Waals surface area contributed by atoms with Crippen molar-refractivity contribution < 1.29 is 18.3 Å². The molecule has 1 amide bonds. The van der Waals surface area contributed by atoms with E-state index in [1.165, 1.54) is 24.3 Å². The lowest BCUT2D eigenvalue weighted by Crippen LogP contribution is -2.28. The minimum Gasteiger partial charge on any atom is -0.387 e. The molecule has 3 rings (SSSR count). The van der Waals surface area contributed by atoms with Gasteiger partial charge < -0.3 is 10.4 Å². The summed E-state index contributed by atoms with van der Waals surface area (Å²) in [6.45, 7) is 3.40. The normalized spacial score (nSPS) is 12.8. The van der Waals surface area contributed by atoms with E-state index in [0.29, 0.717) is 11.3 Å². The minimum atomic E-state index is -3.80. The number of hydrogen-bond donors (Lipinski definition) is 3. The zero-order chi connectivity index (χ0) is 21.0. The third-order valence-corrected chi connectivity index (χ3v) is 6.05. The highest BCUT2D eigenvalue weighted by Crippen LogP contribution is 2.24. The lowest BCUT2D eigenvalue weighted by atomic mass is 10.0. The van der Waals surface area contributed by atoms with Crippen molar-refractivity contribution in [3.63, 3.8) is 0 Å². The summed E-state index contributed by atoms with van der Waals surface area (Å²) in [5.74, 6) is -0.312. The second-order valence-corrected chi connectivity index (χ2v) is 8.87. The van der Waals surface area contributed by atoms with E-state index in [1.54, 1.807) is 19.9 Å². The van der Waals surface area contributed by atoms with Crippen molar-refractivity contribution in [2.24, 2.45) is 5.92 Å². The van der Waals surface area contributed by atoms with E-state index in [-0.39, 0.29) is 23.3 Å². The molecular formula is C22H24N2O4S. The Bertz CT molecular complexity index is 1100. The number of hydrogen-bond acceptors (Lipinski definition) is 4. The first-order chi connectivity index (χ1) is 13.8.